The minimum Gasteiger partial charge on any atom is -0.595 e. The molecular weight excluding hydrogens is 268 g/mol. The molecule has 2 aliphatic rings. The average Bonchev–Trinajstić information content (AvgIpc) is 2.53. The van der Waals surface area contributed by atoms with Crippen molar-refractivity contribution in [3.8, 4) is 11.5 Å². The van der Waals surface area contributed by atoms with Gasteiger partial charge in [-0.1, -0.05) is 17.0 Å². The first kappa shape index (κ1) is 13.7. The Labute approximate surface area is 123 Å². The lowest BCUT2D eigenvalue weighted by atomic mass is 9.78. The van der Waals surface area contributed by atoms with E-state index in [2.05, 4.69) is 17.3 Å². The van der Waals surface area contributed by atoms with Gasteiger partial charge in [0, 0.05) is 16.6 Å². The van der Waals surface area contributed by atoms with Crippen LogP contribution in [0.5, 0.6) is 11.5 Å². The molecule has 0 bridgehead atoms. The highest BCUT2D eigenvalue weighted by molar-refractivity contribution is 6.04. The summed E-state index contributed by atoms with van der Waals surface area (Å²) in [6.07, 6.45) is 7.74. The standard InChI is InChI=1S/C16H18N2O3/c1-20-14-8-7-11(9-15(14)21-2)16-13-6-4-3-5-12(13)10-18(19)17-16/h3-4,7-10,12-13H,5-6H2,1-2H3. The molecule has 2 unspecified atom stereocenters. The number of hydrogen-bond acceptors (Lipinski definition) is 4. The average molecular weight is 286 g/mol. The third-order valence-electron chi connectivity index (χ3n) is 4.04. The maximum atomic E-state index is 11.8. The molecule has 0 aromatic heterocycles. The van der Waals surface area contributed by atoms with Crippen LogP contribution in [-0.2, 0) is 0 Å². The molecule has 21 heavy (non-hydrogen) atoms. The van der Waals surface area contributed by atoms with Crippen LogP contribution in [-0.4, -0.2) is 31.0 Å². The fourth-order valence-electron chi connectivity index (χ4n) is 2.96. The first-order chi connectivity index (χ1) is 10.2. The Morgan fingerprint density at radius 3 is 2.67 bits per heavy atom. The van der Waals surface area contributed by atoms with Gasteiger partial charge in [0.25, 0.3) is 0 Å². The van der Waals surface area contributed by atoms with E-state index < -0.39 is 0 Å². The van der Waals surface area contributed by atoms with Crippen LogP contribution in [0.1, 0.15) is 18.4 Å². The third kappa shape index (κ3) is 2.51. The minimum absolute atomic E-state index is 0.216. The van der Waals surface area contributed by atoms with Gasteiger partial charge in [0.2, 0.25) is 0 Å². The SMILES string of the molecule is COc1ccc(C2=N[N+]([O-])=CC3CC=CCC23)cc1OC. The van der Waals surface area contributed by atoms with E-state index in [9.17, 15) is 5.21 Å². The summed E-state index contributed by atoms with van der Waals surface area (Å²) in [7, 11) is 3.20. The number of ether oxygens (including phenoxy) is 2. The van der Waals surface area contributed by atoms with E-state index in [0.717, 1.165) is 24.1 Å². The molecule has 5 nitrogen and oxygen atoms in total. The molecule has 0 saturated heterocycles. The Hall–Kier alpha value is -2.30. The number of fused-ring (bicyclic) bond motifs is 1. The zero-order valence-corrected chi connectivity index (χ0v) is 12.2. The van der Waals surface area contributed by atoms with Crippen LogP contribution < -0.4 is 9.47 Å². The quantitative estimate of drug-likeness (QED) is 0.487. The van der Waals surface area contributed by atoms with Gasteiger partial charge in [-0.05, 0) is 31.0 Å². The largest absolute Gasteiger partial charge is 0.595 e. The Bertz CT molecular complexity index is 634. The number of nitrogens with zero attached hydrogens (tertiary/aromatic N) is 2. The maximum Gasteiger partial charge on any atom is 0.190 e. The van der Waals surface area contributed by atoms with Gasteiger partial charge < -0.3 is 14.7 Å². The van der Waals surface area contributed by atoms with E-state index in [4.69, 9.17) is 9.47 Å². The van der Waals surface area contributed by atoms with Crippen LogP contribution in [0.2, 0.25) is 0 Å². The van der Waals surface area contributed by atoms with Crippen LogP contribution in [0.4, 0.5) is 0 Å². The van der Waals surface area contributed by atoms with Crippen LogP contribution >= 0.6 is 0 Å². The second kappa shape index (κ2) is 5.60. The van der Waals surface area contributed by atoms with Crippen molar-refractivity contribution in [3.05, 3.63) is 41.1 Å². The van der Waals surface area contributed by atoms with Gasteiger partial charge in [0.15, 0.2) is 17.7 Å². The topological polar surface area (TPSA) is 56.9 Å². The van der Waals surface area contributed by atoms with Crippen molar-refractivity contribution in [1.29, 1.82) is 0 Å². The second-order valence-corrected chi connectivity index (χ2v) is 5.22. The van der Waals surface area contributed by atoms with Crippen molar-refractivity contribution in [2.24, 2.45) is 16.9 Å². The van der Waals surface area contributed by atoms with Crippen molar-refractivity contribution in [1.82, 2.24) is 0 Å². The Morgan fingerprint density at radius 2 is 1.90 bits per heavy atom. The molecule has 5 heteroatoms. The summed E-state index contributed by atoms with van der Waals surface area (Å²) in [6.45, 7) is 0. The molecule has 3 rings (SSSR count). The summed E-state index contributed by atoms with van der Waals surface area (Å²) in [4.78, 5) is 0.687. The Balaban J connectivity index is 2.02. The van der Waals surface area contributed by atoms with E-state index in [1.165, 1.54) is 0 Å². The van der Waals surface area contributed by atoms with E-state index in [1.807, 2.05) is 18.2 Å². The van der Waals surface area contributed by atoms with E-state index in [-0.39, 0.29) is 11.8 Å². The van der Waals surface area contributed by atoms with Gasteiger partial charge >= 0.3 is 0 Å². The normalized spacial score (nSPS) is 23.9. The van der Waals surface area contributed by atoms with Crippen molar-refractivity contribution in [2.75, 3.05) is 14.2 Å². The lowest BCUT2D eigenvalue weighted by Crippen LogP contribution is -2.33. The monoisotopic (exact) mass is 286 g/mol. The number of hydrogen-bond donors (Lipinski definition) is 0. The highest BCUT2D eigenvalue weighted by Crippen LogP contribution is 2.34. The fourth-order valence-corrected chi connectivity index (χ4v) is 2.96. The molecule has 0 amide bonds. The highest BCUT2D eigenvalue weighted by Gasteiger charge is 2.34. The Morgan fingerprint density at radius 1 is 1.14 bits per heavy atom. The van der Waals surface area contributed by atoms with Crippen molar-refractivity contribution >= 4 is 11.9 Å². The predicted octanol–water partition coefficient (Wildman–Crippen LogP) is 2.59. The lowest BCUT2D eigenvalue weighted by molar-refractivity contribution is -0.462. The van der Waals surface area contributed by atoms with Gasteiger partial charge in [0.05, 0.1) is 20.1 Å². The predicted molar refractivity (Wildman–Crippen MR) is 81.1 cm³/mol. The lowest BCUT2D eigenvalue weighted by Gasteiger charge is -2.27. The van der Waals surface area contributed by atoms with Crippen LogP contribution in [0.3, 0.4) is 0 Å². The molecule has 1 aliphatic carbocycles. The van der Waals surface area contributed by atoms with Gasteiger partial charge in [-0.2, -0.15) is 0 Å². The second-order valence-electron chi connectivity index (χ2n) is 5.22. The zero-order valence-electron chi connectivity index (χ0n) is 12.2. The van der Waals surface area contributed by atoms with E-state index >= 15 is 0 Å². The number of benzene rings is 1. The number of hydrazone groups is 1. The first-order valence-corrected chi connectivity index (χ1v) is 7.00. The molecule has 0 radical (unpaired) electrons. The summed E-state index contributed by atoms with van der Waals surface area (Å²) in [5, 5.41) is 15.9. The fraction of sp³-hybridized carbons (Fsp3) is 0.375. The van der Waals surface area contributed by atoms with Gasteiger partial charge in [-0.25, -0.2) is 0 Å². The third-order valence-corrected chi connectivity index (χ3v) is 4.04. The molecule has 1 aromatic carbocycles. The minimum atomic E-state index is 0.216. The van der Waals surface area contributed by atoms with Crippen LogP contribution in [0.25, 0.3) is 0 Å². The summed E-state index contributed by atoms with van der Waals surface area (Å²) in [5.74, 6) is 1.78. The van der Waals surface area contributed by atoms with E-state index in [1.54, 1.807) is 20.4 Å². The van der Waals surface area contributed by atoms with Gasteiger partial charge in [0.1, 0.15) is 5.71 Å². The molecule has 0 saturated carbocycles. The number of rotatable bonds is 3. The van der Waals surface area contributed by atoms with Crippen LogP contribution in [0.15, 0.2) is 35.5 Å². The summed E-state index contributed by atoms with van der Waals surface area (Å²) >= 11 is 0. The number of allylic oxidation sites excluding steroid dienone is 2. The molecular formula is C16H18N2O3. The molecule has 1 heterocycles. The summed E-state index contributed by atoms with van der Waals surface area (Å²) in [6, 6.07) is 5.65. The molecule has 0 N–H and O–H groups in total. The van der Waals surface area contributed by atoms with Crippen LogP contribution in [0, 0.1) is 17.0 Å². The van der Waals surface area contributed by atoms with E-state index in [0.29, 0.717) is 16.3 Å². The van der Waals surface area contributed by atoms with Crippen molar-refractivity contribution in [3.63, 3.8) is 0 Å². The zero-order chi connectivity index (χ0) is 14.8. The first-order valence-electron chi connectivity index (χ1n) is 7.00. The van der Waals surface area contributed by atoms with Gasteiger partial charge in [-0.3, -0.25) is 0 Å². The summed E-state index contributed by atoms with van der Waals surface area (Å²) in [5.41, 5.74) is 1.73. The summed E-state index contributed by atoms with van der Waals surface area (Å²) < 4.78 is 10.6. The molecule has 1 aromatic rings. The molecule has 0 spiro atoms. The van der Waals surface area contributed by atoms with Crippen molar-refractivity contribution in [2.45, 2.75) is 12.8 Å². The van der Waals surface area contributed by atoms with Gasteiger partial charge in [-0.15, -0.1) is 0 Å². The molecule has 2 atom stereocenters. The molecule has 110 valence electrons. The Kier molecular flexibility index (Phi) is 3.64. The molecule has 1 aliphatic heterocycles. The highest BCUT2D eigenvalue weighted by atomic mass is 16.5. The molecule has 0 fully saturated rings. The van der Waals surface area contributed by atoms with Crippen molar-refractivity contribution < 1.29 is 14.3 Å². The number of methoxy groups -OCH3 is 2. The maximum absolute atomic E-state index is 11.8. The smallest absolute Gasteiger partial charge is 0.190 e.